The van der Waals surface area contributed by atoms with Gasteiger partial charge in [0.25, 0.3) is 5.91 Å². The largest absolute Gasteiger partial charge is 0.481 e. The summed E-state index contributed by atoms with van der Waals surface area (Å²) >= 11 is 0. The Morgan fingerprint density at radius 3 is 2.38 bits per heavy atom. The third-order valence-corrected chi connectivity index (χ3v) is 5.90. The van der Waals surface area contributed by atoms with E-state index in [1.165, 1.54) is 4.90 Å². The van der Waals surface area contributed by atoms with E-state index < -0.39 is 11.9 Å². The monoisotopic (exact) mass is 392 g/mol. The molecule has 1 aliphatic heterocycles. The Balaban J connectivity index is 1.43. The zero-order valence-corrected chi connectivity index (χ0v) is 16.1. The number of carbonyl (C=O) groups excluding carboxylic acids is 2. The van der Waals surface area contributed by atoms with Gasteiger partial charge in [-0.25, -0.2) is 0 Å². The number of fused-ring (bicyclic) bond motifs is 1. The van der Waals surface area contributed by atoms with Gasteiger partial charge >= 0.3 is 5.97 Å². The van der Waals surface area contributed by atoms with Gasteiger partial charge < -0.3 is 15.3 Å². The second-order valence-electron chi connectivity index (χ2n) is 7.76. The number of nitrogens with one attached hydrogen (secondary N) is 1. The minimum absolute atomic E-state index is 0.107. The maximum atomic E-state index is 13.0. The van der Waals surface area contributed by atoms with E-state index in [-0.39, 0.29) is 24.3 Å². The van der Waals surface area contributed by atoms with Crippen molar-refractivity contribution in [3.63, 3.8) is 0 Å². The van der Waals surface area contributed by atoms with Crippen LogP contribution in [0, 0.1) is 5.92 Å². The van der Waals surface area contributed by atoms with E-state index in [1.54, 1.807) is 36.4 Å². The smallest absolute Gasteiger partial charge is 0.312 e. The molecule has 0 radical (unpaired) electrons. The highest BCUT2D eigenvalue weighted by Gasteiger charge is 2.36. The predicted octanol–water partition coefficient (Wildman–Crippen LogP) is 3.32. The minimum atomic E-state index is -0.930. The zero-order chi connectivity index (χ0) is 20.4. The lowest BCUT2D eigenvalue weighted by atomic mass is 10.0. The first-order valence-corrected chi connectivity index (χ1v) is 10.0. The van der Waals surface area contributed by atoms with Crippen molar-refractivity contribution in [3.8, 4) is 0 Å². The van der Waals surface area contributed by atoms with Crippen molar-refractivity contribution in [2.24, 2.45) is 5.92 Å². The number of benzene rings is 2. The van der Waals surface area contributed by atoms with Crippen LogP contribution in [0.1, 0.15) is 53.1 Å². The van der Waals surface area contributed by atoms with Crippen molar-refractivity contribution in [2.45, 2.75) is 38.1 Å². The van der Waals surface area contributed by atoms with Gasteiger partial charge in [0.15, 0.2) is 0 Å². The van der Waals surface area contributed by atoms with E-state index in [9.17, 15) is 19.5 Å². The first-order valence-electron chi connectivity index (χ1n) is 10.0. The Morgan fingerprint density at radius 1 is 1.00 bits per heavy atom. The van der Waals surface area contributed by atoms with E-state index in [0.29, 0.717) is 23.4 Å². The van der Waals surface area contributed by atoms with Gasteiger partial charge in [-0.2, -0.15) is 0 Å². The number of para-hydroxylation sites is 1. The van der Waals surface area contributed by atoms with Crippen LogP contribution in [-0.2, 0) is 16.1 Å². The maximum absolute atomic E-state index is 13.0. The first-order chi connectivity index (χ1) is 14.0. The molecule has 0 bridgehead atoms. The molecule has 6 heteroatoms. The molecule has 1 heterocycles. The molecule has 0 saturated heterocycles. The van der Waals surface area contributed by atoms with Gasteiger partial charge in [0, 0.05) is 30.3 Å². The molecule has 0 spiro atoms. The summed E-state index contributed by atoms with van der Waals surface area (Å²) in [4.78, 5) is 38.2. The molecule has 2 aromatic carbocycles. The van der Waals surface area contributed by atoms with Crippen molar-refractivity contribution in [2.75, 3.05) is 11.4 Å². The van der Waals surface area contributed by atoms with Crippen LogP contribution in [0.4, 0.5) is 5.69 Å². The number of carboxylic acid groups (broad SMARTS) is 1. The van der Waals surface area contributed by atoms with Crippen LogP contribution in [0.5, 0.6) is 0 Å². The second-order valence-corrected chi connectivity index (χ2v) is 7.76. The summed E-state index contributed by atoms with van der Waals surface area (Å²) in [6, 6.07) is 14.3. The van der Waals surface area contributed by atoms with Gasteiger partial charge in [0.1, 0.15) is 5.92 Å². The van der Waals surface area contributed by atoms with Gasteiger partial charge in [-0.05, 0) is 42.2 Å². The molecule has 150 valence electrons. The van der Waals surface area contributed by atoms with E-state index >= 15 is 0 Å². The number of carbonyl (C=O) groups is 3. The Hall–Kier alpha value is -3.15. The topological polar surface area (TPSA) is 86.7 Å². The van der Waals surface area contributed by atoms with Gasteiger partial charge in [0.2, 0.25) is 5.91 Å². The number of amides is 2. The Labute approximate surface area is 169 Å². The summed E-state index contributed by atoms with van der Waals surface area (Å²) < 4.78 is 0. The van der Waals surface area contributed by atoms with Gasteiger partial charge in [-0.3, -0.25) is 14.4 Å². The molecule has 2 aliphatic rings. The van der Waals surface area contributed by atoms with Crippen LogP contribution in [0.15, 0.2) is 48.5 Å². The summed E-state index contributed by atoms with van der Waals surface area (Å²) in [7, 11) is 0. The fourth-order valence-electron chi connectivity index (χ4n) is 4.25. The van der Waals surface area contributed by atoms with E-state index in [1.807, 2.05) is 12.1 Å². The molecule has 1 aliphatic carbocycles. The quantitative estimate of drug-likeness (QED) is 0.817. The highest BCUT2D eigenvalue weighted by molar-refractivity contribution is 6.08. The number of rotatable bonds is 5. The molecule has 6 nitrogen and oxygen atoms in total. The molecular formula is C23H24N2O4. The Bertz CT molecular complexity index is 932. The summed E-state index contributed by atoms with van der Waals surface area (Å²) in [6.45, 7) is 0.574. The molecule has 1 fully saturated rings. The molecule has 1 atom stereocenters. The van der Waals surface area contributed by atoms with Crippen molar-refractivity contribution >= 4 is 23.5 Å². The number of anilines is 1. The summed E-state index contributed by atoms with van der Waals surface area (Å²) in [5, 5.41) is 12.5. The normalized spacial score (nSPS) is 18.5. The van der Waals surface area contributed by atoms with Gasteiger partial charge in [-0.15, -0.1) is 0 Å². The lowest BCUT2D eigenvalue weighted by molar-refractivity contribution is -0.138. The lowest BCUT2D eigenvalue weighted by Gasteiger charge is -2.18. The predicted molar refractivity (Wildman–Crippen MR) is 109 cm³/mol. The molecule has 1 unspecified atom stereocenters. The van der Waals surface area contributed by atoms with E-state index in [0.717, 1.165) is 31.2 Å². The molecule has 2 amide bonds. The van der Waals surface area contributed by atoms with Crippen LogP contribution in [0.25, 0.3) is 0 Å². The SMILES string of the molecule is O=C(NCc1ccc(C(=O)N2CC(C(=O)O)c3ccccc32)cc1)C1CCCC1. The Morgan fingerprint density at radius 2 is 1.69 bits per heavy atom. The fraction of sp³-hybridized carbons (Fsp3) is 0.348. The number of carboxylic acids is 1. The molecule has 2 N–H and O–H groups in total. The molecule has 1 saturated carbocycles. The maximum Gasteiger partial charge on any atom is 0.312 e. The van der Waals surface area contributed by atoms with Crippen LogP contribution in [0.2, 0.25) is 0 Å². The average molecular weight is 392 g/mol. The van der Waals surface area contributed by atoms with E-state index in [2.05, 4.69) is 5.32 Å². The standard InChI is InChI=1S/C23H24N2O4/c26-21(16-5-1-2-6-16)24-13-15-9-11-17(12-10-15)22(27)25-14-19(23(28)29)18-7-3-4-8-20(18)25/h3-4,7-12,16,19H,1-2,5-6,13-14H2,(H,24,26)(H,28,29). The summed E-state index contributed by atoms with van der Waals surface area (Å²) in [6.07, 6.45) is 4.18. The molecular weight excluding hydrogens is 368 g/mol. The number of nitrogens with zero attached hydrogens (tertiary/aromatic N) is 1. The second kappa shape index (κ2) is 8.07. The third kappa shape index (κ3) is 3.88. The number of aliphatic carboxylic acids is 1. The van der Waals surface area contributed by atoms with Crippen LogP contribution >= 0.6 is 0 Å². The van der Waals surface area contributed by atoms with Gasteiger partial charge in [0.05, 0.1) is 0 Å². The number of hydrogen-bond acceptors (Lipinski definition) is 3. The fourth-order valence-corrected chi connectivity index (χ4v) is 4.25. The van der Waals surface area contributed by atoms with E-state index in [4.69, 9.17) is 0 Å². The van der Waals surface area contributed by atoms with Crippen LogP contribution in [0.3, 0.4) is 0 Å². The van der Waals surface area contributed by atoms with Crippen LogP contribution in [-0.4, -0.2) is 29.4 Å². The van der Waals surface area contributed by atoms with Crippen molar-refractivity contribution in [1.29, 1.82) is 0 Å². The first kappa shape index (κ1) is 19.2. The minimum Gasteiger partial charge on any atom is -0.481 e. The lowest BCUT2D eigenvalue weighted by Crippen LogP contribution is -2.31. The van der Waals surface area contributed by atoms with Crippen LogP contribution < -0.4 is 10.2 Å². The third-order valence-electron chi connectivity index (χ3n) is 5.90. The van der Waals surface area contributed by atoms with Crippen molar-refractivity contribution in [3.05, 3.63) is 65.2 Å². The molecule has 2 aromatic rings. The van der Waals surface area contributed by atoms with Crippen molar-refractivity contribution < 1.29 is 19.5 Å². The average Bonchev–Trinajstić information content (AvgIpc) is 3.40. The molecule has 4 rings (SSSR count). The summed E-state index contributed by atoms with van der Waals surface area (Å²) in [5.74, 6) is -1.62. The highest BCUT2D eigenvalue weighted by atomic mass is 16.4. The molecule has 29 heavy (non-hydrogen) atoms. The zero-order valence-electron chi connectivity index (χ0n) is 16.1. The Kier molecular flexibility index (Phi) is 5.34. The summed E-state index contributed by atoms with van der Waals surface area (Å²) in [5.41, 5.74) is 2.74. The number of hydrogen-bond donors (Lipinski definition) is 2. The highest BCUT2D eigenvalue weighted by Crippen LogP contribution is 2.37. The molecule has 0 aromatic heterocycles. The van der Waals surface area contributed by atoms with Gasteiger partial charge in [-0.1, -0.05) is 43.2 Å². The van der Waals surface area contributed by atoms with Crippen molar-refractivity contribution in [1.82, 2.24) is 5.32 Å².